The third-order valence-electron chi connectivity index (χ3n) is 2.45. The second-order valence-corrected chi connectivity index (χ2v) is 3.04. The number of nitrogens with zero attached hydrogens (tertiary/aromatic N) is 1. The minimum Gasteiger partial charge on any atom is -0.314 e. The molecule has 0 aromatic rings. The molecule has 60 valence electrons. The molecular weight excluding hydrogens is 192 g/mol. The van der Waals surface area contributed by atoms with Crippen LogP contribution in [0.5, 0.6) is 0 Å². The summed E-state index contributed by atoms with van der Waals surface area (Å²) in [5.74, 6) is 0. The first-order chi connectivity index (χ1) is 4.47. The van der Waals surface area contributed by atoms with E-state index in [0.717, 1.165) is 6.04 Å². The molecule has 0 amide bonds. The summed E-state index contributed by atoms with van der Waals surface area (Å²) in [6.45, 7) is 5.08. The summed E-state index contributed by atoms with van der Waals surface area (Å²) in [7, 11) is 0. The third kappa shape index (κ3) is 1.52. The van der Waals surface area contributed by atoms with E-state index in [-0.39, 0.29) is 17.0 Å². The molecule has 2 fully saturated rings. The van der Waals surface area contributed by atoms with Gasteiger partial charge in [-0.1, -0.05) is 0 Å². The molecule has 0 aromatic heterocycles. The maximum absolute atomic E-state index is 3.41. The largest absolute Gasteiger partial charge is 0.314 e. The fourth-order valence-electron chi connectivity index (χ4n) is 1.91. The van der Waals surface area contributed by atoms with E-state index >= 15 is 0 Å². The van der Waals surface area contributed by atoms with Crippen LogP contribution in [0.4, 0.5) is 0 Å². The quantitative estimate of drug-likeness (QED) is 0.626. The van der Waals surface area contributed by atoms with Crippen molar-refractivity contribution in [1.82, 2.24) is 10.2 Å². The average molecular weight is 207 g/mol. The Labute approximate surface area is 72.7 Å². The van der Waals surface area contributed by atoms with Crippen LogP contribution in [-0.4, -0.2) is 37.1 Å². The van der Waals surface area contributed by atoms with Crippen molar-refractivity contribution >= 4 is 17.0 Å². The Morgan fingerprint density at radius 1 is 1.30 bits per heavy atom. The molecule has 3 heteroatoms. The Balaban J connectivity index is 0.000000500. The first-order valence-corrected chi connectivity index (χ1v) is 3.91. The molecule has 10 heavy (non-hydrogen) atoms. The van der Waals surface area contributed by atoms with Gasteiger partial charge in [0, 0.05) is 25.7 Å². The van der Waals surface area contributed by atoms with E-state index in [1.54, 1.807) is 0 Å². The molecule has 0 saturated carbocycles. The molecule has 2 heterocycles. The molecule has 0 bridgehead atoms. The summed E-state index contributed by atoms with van der Waals surface area (Å²) in [4.78, 5) is 2.61. The molecule has 0 aliphatic carbocycles. The van der Waals surface area contributed by atoms with E-state index in [2.05, 4.69) is 10.2 Å². The first-order valence-electron chi connectivity index (χ1n) is 3.91. The van der Waals surface area contributed by atoms with Crippen LogP contribution in [0, 0.1) is 0 Å². The van der Waals surface area contributed by atoms with Crippen LogP contribution in [0.15, 0.2) is 0 Å². The van der Waals surface area contributed by atoms with Crippen LogP contribution >= 0.6 is 17.0 Å². The predicted molar refractivity (Wildman–Crippen MR) is 47.8 cm³/mol. The summed E-state index contributed by atoms with van der Waals surface area (Å²) in [6, 6.07) is 0.888. The van der Waals surface area contributed by atoms with E-state index in [9.17, 15) is 0 Å². The van der Waals surface area contributed by atoms with Gasteiger partial charge in [0.05, 0.1) is 0 Å². The molecule has 2 nitrogen and oxygen atoms in total. The van der Waals surface area contributed by atoms with Crippen LogP contribution in [0.25, 0.3) is 0 Å². The van der Waals surface area contributed by atoms with Crippen molar-refractivity contribution < 1.29 is 0 Å². The fourth-order valence-corrected chi connectivity index (χ4v) is 1.91. The van der Waals surface area contributed by atoms with Crippen molar-refractivity contribution in [3.8, 4) is 0 Å². The minimum absolute atomic E-state index is 0. The maximum atomic E-state index is 3.41. The predicted octanol–water partition coefficient (Wildman–Crippen LogP) is 0.632. The molecule has 0 aromatic carbocycles. The van der Waals surface area contributed by atoms with Crippen LogP contribution in [0.3, 0.4) is 0 Å². The Hall–Kier alpha value is 0.400. The van der Waals surface area contributed by atoms with Crippen molar-refractivity contribution in [3.63, 3.8) is 0 Å². The Morgan fingerprint density at radius 3 is 3.00 bits per heavy atom. The highest BCUT2D eigenvalue weighted by Crippen LogP contribution is 2.17. The van der Waals surface area contributed by atoms with Gasteiger partial charge in [-0.15, -0.1) is 17.0 Å². The van der Waals surface area contributed by atoms with E-state index in [0.29, 0.717) is 0 Å². The second-order valence-electron chi connectivity index (χ2n) is 3.04. The Bertz CT molecular complexity index is 95.8. The second kappa shape index (κ2) is 3.69. The molecule has 2 aliphatic heterocycles. The molecule has 2 aliphatic rings. The smallest absolute Gasteiger partial charge is 0.0221 e. The topological polar surface area (TPSA) is 15.3 Å². The number of piperazine rings is 1. The van der Waals surface area contributed by atoms with Crippen LogP contribution in [0.1, 0.15) is 12.8 Å². The number of hydrogen-bond donors (Lipinski definition) is 1. The van der Waals surface area contributed by atoms with Gasteiger partial charge in [0.1, 0.15) is 0 Å². The number of rotatable bonds is 0. The summed E-state index contributed by atoms with van der Waals surface area (Å²) in [6.07, 6.45) is 2.85. The normalized spacial score (nSPS) is 33.0. The van der Waals surface area contributed by atoms with Crippen LogP contribution < -0.4 is 5.32 Å². The molecule has 2 rings (SSSR count). The molecule has 0 unspecified atom stereocenters. The van der Waals surface area contributed by atoms with Gasteiger partial charge in [-0.2, -0.15) is 0 Å². The summed E-state index contributed by atoms with van der Waals surface area (Å²) >= 11 is 0. The zero-order valence-corrected chi connectivity index (χ0v) is 7.89. The van der Waals surface area contributed by atoms with E-state index in [1.165, 1.54) is 39.0 Å². The van der Waals surface area contributed by atoms with Gasteiger partial charge < -0.3 is 5.32 Å². The lowest BCUT2D eigenvalue weighted by Crippen LogP contribution is -2.47. The lowest BCUT2D eigenvalue weighted by atomic mass is 10.2. The number of nitrogens with one attached hydrogen (secondary N) is 1. The highest BCUT2D eigenvalue weighted by molar-refractivity contribution is 8.93. The third-order valence-corrected chi connectivity index (χ3v) is 2.45. The van der Waals surface area contributed by atoms with Crippen molar-refractivity contribution in [1.29, 1.82) is 0 Å². The van der Waals surface area contributed by atoms with Gasteiger partial charge in [-0.3, -0.25) is 4.90 Å². The number of fused-ring (bicyclic) bond motifs is 1. The molecule has 0 spiro atoms. The zero-order chi connectivity index (χ0) is 6.10. The molecule has 2 saturated heterocycles. The van der Waals surface area contributed by atoms with Crippen molar-refractivity contribution in [2.75, 3.05) is 26.2 Å². The molecule has 1 N–H and O–H groups in total. The molecule has 1 atom stereocenters. The molecular formula is C7H15BrN2. The molecule has 0 radical (unpaired) electrons. The summed E-state index contributed by atoms with van der Waals surface area (Å²) < 4.78 is 0. The zero-order valence-electron chi connectivity index (χ0n) is 6.18. The fraction of sp³-hybridized carbons (Fsp3) is 1.00. The summed E-state index contributed by atoms with van der Waals surface area (Å²) in [5.41, 5.74) is 0. The van der Waals surface area contributed by atoms with Crippen molar-refractivity contribution in [2.24, 2.45) is 0 Å². The maximum Gasteiger partial charge on any atom is 0.0221 e. The number of halogens is 1. The van der Waals surface area contributed by atoms with Crippen molar-refractivity contribution in [2.45, 2.75) is 18.9 Å². The Morgan fingerprint density at radius 2 is 2.20 bits per heavy atom. The van der Waals surface area contributed by atoms with E-state index < -0.39 is 0 Å². The van der Waals surface area contributed by atoms with Crippen LogP contribution in [0.2, 0.25) is 0 Å². The van der Waals surface area contributed by atoms with E-state index in [4.69, 9.17) is 0 Å². The van der Waals surface area contributed by atoms with Gasteiger partial charge in [-0.05, 0) is 19.4 Å². The standard InChI is InChI=1S/C7H14N2.BrH/c1-2-7-6-8-3-5-9(7)4-1;/h7-8H,1-6H2;1H/t7-;/m1./s1. The number of hydrogen-bond acceptors (Lipinski definition) is 2. The average Bonchev–Trinajstić information content (AvgIpc) is 2.33. The van der Waals surface area contributed by atoms with Gasteiger partial charge in [-0.25, -0.2) is 0 Å². The highest BCUT2D eigenvalue weighted by Gasteiger charge is 2.25. The SMILES string of the molecule is Br.C1C[C@@H]2CNCCN2C1. The lowest BCUT2D eigenvalue weighted by Gasteiger charge is -2.29. The van der Waals surface area contributed by atoms with Gasteiger partial charge in [0.25, 0.3) is 0 Å². The lowest BCUT2D eigenvalue weighted by molar-refractivity contribution is 0.212. The van der Waals surface area contributed by atoms with Gasteiger partial charge in [0.2, 0.25) is 0 Å². The highest BCUT2D eigenvalue weighted by atomic mass is 79.9. The van der Waals surface area contributed by atoms with Gasteiger partial charge >= 0.3 is 0 Å². The van der Waals surface area contributed by atoms with Crippen LogP contribution in [-0.2, 0) is 0 Å². The van der Waals surface area contributed by atoms with Gasteiger partial charge in [0.15, 0.2) is 0 Å². The summed E-state index contributed by atoms with van der Waals surface area (Å²) in [5, 5.41) is 3.41. The minimum atomic E-state index is 0. The van der Waals surface area contributed by atoms with E-state index in [1.807, 2.05) is 0 Å². The Kier molecular flexibility index (Phi) is 3.14. The first kappa shape index (κ1) is 8.50. The monoisotopic (exact) mass is 206 g/mol. The van der Waals surface area contributed by atoms with Crippen molar-refractivity contribution in [3.05, 3.63) is 0 Å².